The van der Waals surface area contributed by atoms with Gasteiger partial charge in [-0.2, -0.15) is 5.10 Å². The first-order chi connectivity index (χ1) is 13.8. The van der Waals surface area contributed by atoms with Crippen molar-refractivity contribution in [2.24, 2.45) is 0 Å². The topological polar surface area (TPSA) is 44.6 Å². The highest BCUT2D eigenvalue weighted by Crippen LogP contribution is 2.23. The number of carbonyl (C=O) groups excluding carboxylic acids is 1. The molecule has 0 saturated carbocycles. The van der Waals surface area contributed by atoms with Crippen LogP contribution in [0.2, 0.25) is 0 Å². The van der Waals surface area contributed by atoms with Crippen molar-refractivity contribution in [2.75, 3.05) is 39.3 Å². The van der Waals surface area contributed by atoms with Crippen molar-refractivity contribution in [1.82, 2.24) is 24.5 Å². The van der Waals surface area contributed by atoms with Crippen LogP contribution in [0, 0.1) is 0 Å². The highest BCUT2D eigenvalue weighted by Gasteiger charge is 2.31. The number of fused-ring (bicyclic) bond motifs is 2. The van der Waals surface area contributed by atoms with E-state index >= 15 is 0 Å². The summed E-state index contributed by atoms with van der Waals surface area (Å²) in [6.45, 7) is 6.46. The first-order valence-corrected chi connectivity index (χ1v) is 10.6. The maximum absolute atomic E-state index is 12.9. The standard InChI is InChI=1S/C22H29N5O/c28-22(26-13-12-25-9-2-1-4-21(25)16-26)17-24-11-7-18-14-20(6-5-19(18)15-24)27-10-3-8-23-27/h3,5-6,8,10,14,21H,1-2,4,7,9,11-13,15-17H2. The summed E-state index contributed by atoms with van der Waals surface area (Å²) >= 11 is 0. The van der Waals surface area contributed by atoms with Gasteiger partial charge in [-0.05, 0) is 55.1 Å². The van der Waals surface area contributed by atoms with Crippen molar-refractivity contribution in [2.45, 2.75) is 38.3 Å². The van der Waals surface area contributed by atoms with Crippen molar-refractivity contribution in [3.05, 3.63) is 47.8 Å². The molecule has 148 valence electrons. The third-order valence-electron chi connectivity index (χ3n) is 6.60. The van der Waals surface area contributed by atoms with E-state index in [0.29, 0.717) is 18.5 Å². The van der Waals surface area contributed by atoms with Crippen molar-refractivity contribution in [1.29, 1.82) is 0 Å². The molecule has 0 spiro atoms. The van der Waals surface area contributed by atoms with Gasteiger partial charge in [0.05, 0.1) is 12.2 Å². The largest absolute Gasteiger partial charge is 0.339 e. The minimum Gasteiger partial charge on any atom is -0.339 e. The molecule has 0 bridgehead atoms. The second-order valence-electron chi connectivity index (χ2n) is 8.39. The zero-order valence-electron chi connectivity index (χ0n) is 16.5. The summed E-state index contributed by atoms with van der Waals surface area (Å²) in [4.78, 5) is 19.9. The van der Waals surface area contributed by atoms with Crippen molar-refractivity contribution >= 4 is 5.91 Å². The molecule has 3 aliphatic heterocycles. The lowest BCUT2D eigenvalue weighted by Crippen LogP contribution is -2.57. The minimum atomic E-state index is 0.307. The van der Waals surface area contributed by atoms with E-state index in [4.69, 9.17) is 0 Å². The summed E-state index contributed by atoms with van der Waals surface area (Å²) in [5, 5.41) is 4.32. The summed E-state index contributed by atoms with van der Waals surface area (Å²) in [5.74, 6) is 0.307. The molecule has 1 unspecified atom stereocenters. The van der Waals surface area contributed by atoms with Crippen LogP contribution in [-0.2, 0) is 17.8 Å². The summed E-state index contributed by atoms with van der Waals surface area (Å²) in [5.41, 5.74) is 3.83. The molecule has 28 heavy (non-hydrogen) atoms. The highest BCUT2D eigenvalue weighted by molar-refractivity contribution is 5.78. The SMILES string of the molecule is O=C(CN1CCc2cc(-n3cccn3)ccc2C1)N1CCN2CCCCC2C1. The van der Waals surface area contributed by atoms with Gasteiger partial charge in [0.15, 0.2) is 0 Å². The summed E-state index contributed by atoms with van der Waals surface area (Å²) in [7, 11) is 0. The number of piperidine rings is 1. The van der Waals surface area contributed by atoms with Crippen LogP contribution in [0.3, 0.4) is 0 Å². The molecule has 2 saturated heterocycles. The van der Waals surface area contributed by atoms with Crippen LogP contribution in [0.1, 0.15) is 30.4 Å². The van der Waals surface area contributed by atoms with Crippen LogP contribution in [0.15, 0.2) is 36.7 Å². The number of hydrogen-bond donors (Lipinski definition) is 0. The highest BCUT2D eigenvalue weighted by atomic mass is 16.2. The quantitative estimate of drug-likeness (QED) is 0.818. The first-order valence-electron chi connectivity index (χ1n) is 10.6. The van der Waals surface area contributed by atoms with Gasteiger partial charge in [0.1, 0.15) is 0 Å². The van der Waals surface area contributed by atoms with E-state index < -0.39 is 0 Å². The van der Waals surface area contributed by atoms with Crippen LogP contribution < -0.4 is 0 Å². The lowest BCUT2D eigenvalue weighted by molar-refractivity contribution is -0.136. The molecule has 1 amide bonds. The molecule has 3 aliphatic rings. The van der Waals surface area contributed by atoms with Crippen LogP contribution in [0.4, 0.5) is 0 Å². The Labute approximate surface area is 166 Å². The summed E-state index contributed by atoms with van der Waals surface area (Å²) in [6, 6.07) is 9.10. The first kappa shape index (κ1) is 17.9. The average molecular weight is 380 g/mol. The molecule has 2 aromatic rings. The van der Waals surface area contributed by atoms with E-state index in [9.17, 15) is 4.79 Å². The molecule has 0 radical (unpaired) electrons. The average Bonchev–Trinajstić information content (AvgIpc) is 3.28. The third-order valence-corrected chi connectivity index (χ3v) is 6.60. The number of hydrogen-bond acceptors (Lipinski definition) is 4. The molecule has 1 atom stereocenters. The number of carbonyl (C=O) groups is 1. The molecule has 6 nitrogen and oxygen atoms in total. The molecule has 1 aromatic carbocycles. The zero-order valence-corrected chi connectivity index (χ0v) is 16.5. The number of rotatable bonds is 3. The van der Waals surface area contributed by atoms with Crippen molar-refractivity contribution in [3.63, 3.8) is 0 Å². The number of piperazine rings is 1. The van der Waals surface area contributed by atoms with Crippen LogP contribution in [0.5, 0.6) is 0 Å². The van der Waals surface area contributed by atoms with Gasteiger partial charge in [0.2, 0.25) is 5.91 Å². The van der Waals surface area contributed by atoms with E-state index in [1.165, 1.54) is 36.9 Å². The van der Waals surface area contributed by atoms with Crippen LogP contribution >= 0.6 is 0 Å². The number of aromatic nitrogens is 2. The fourth-order valence-electron chi connectivity index (χ4n) is 4.97. The fourth-order valence-corrected chi connectivity index (χ4v) is 4.97. The Morgan fingerprint density at radius 1 is 1.11 bits per heavy atom. The summed E-state index contributed by atoms with van der Waals surface area (Å²) < 4.78 is 1.90. The van der Waals surface area contributed by atoms with E-state index in [2.05, 4.69) is 38.0 Å². The number of benzene rings is 1. The third kappa shape index (κ3) is 3.59. The van der Waals surface area contributed by atoms with Gasteiger partial charge in [0.25, 0.3) is 0 Å². The zero-order chi connectivity index (χ0) is 18.9. The maximum Gasteiger partial charge on any atom is 0.236 e. The smallest absolute Gasteiger partial charge is 0.236 e. The van der Waals surface area contributed by atoms with Gasteiger partial charge in [-0.1, -0.05) is 12.5 Å². The molecular formula is C22H29N5O. The second-order valence-corrected chi connectivity index (χ2v) is 8.39. The Kier molecular flexibility index (Phi) is 4.91. The Hall–Kier alpha value is -2.18. The van der Waals surface area contributed by atoms with Gasteiger partial charge in [0, 0.05) is 51.2 Å². The lowest BCUT2D eigenvalue weighted by Gasteiger charge is -2.44. The van der Waals surface area contributed by atoms with E-state index in [0.717, 1.165) is 44.8 Å². The Bertz CT molecular complexity index is 833. The Balaban J connectivity index is 1.20. The number of nitrogens with zero attached hydrogens (tertiary/aromatic N) is 5. The molecule has 0 N–H and O–H groups in total. The van der Waals surface area contributed by atoms with Gasteiger partial charge in [-0.15, -0.1) is 0 Å². The lowest BCUT2D eigenvalue weighted by atomic mass is 9.98. The second kappa shape index (κ2) is 7.68. The predicted octanol–water partition coefficient (Wildman–Crippen LogP) is 1.93. The van der Waals surface area contributed by atoms with Gasteiger partial charge in [-0.25, -0.2) is 4.68 Å². The molecule has 1 aromatic heterocycles. The Morgan fingerprint density at radius 3 is 2.96 bits per heavy atom. The van der Waals surface area contributed by atoms with Gasteiger partial charge >= 0.3 is 0 Å². The maximum atomic E-state index is 12.9. The molecule has 4 heterocycles. The van der Waals surface area contributed by atoms with Crippen LogP contribution in [0.25, 0.3) is 5.69 Å². The fraction of sp³-hybridized carbons (Fsp3) is 0.545. The predicted molar refractivity (Wildman–Crippen MR) is 108 cm³/mol. The minimum absolute atomic E-state index is 0.307. The molecule has 2 fully saturated rings. The van der Waals surface area contributed by atoms with E-state index in [1.54, 1.807) is 6.20 Å². The Morgan fingerprint density at radius 2 is 2.07 bits per heavy atom. The van der Waals surface area contributed by atoms with E-state index in [1.807, 2.05) is 16.9 Å². The van der Waals surface area contributed by atoms with E-state index in [-0.39, 0.29) is 0 Å². The normalized spacial score (nSPS) is 23.3. The number of amides is 1. The van der Waals surface area contributed by atoms with Crippen molar-refractivity contribution in [3.8, 4) is 5.69 Å². The van der Waals surface area contributed by atoms with Crippen molar-refractivity contribution < 1.29 is 4.79 Å². The molecule has 0 aliphatic carbocycles. The molecule has 6 heteroatoms. The molecular weight excluding hydrogens is 350 g/mol. The van der Waals surface area contributed by atoms with Crippen LogP contribution in [-0.4, -0.2) is 75.7 Å². The summed E-state index contributed by atoms with van der Waals surface area (Å²) in [6.07, 6.45) is 8.65. The van der Waals surface area contributed by atoms with Gasteiger partial charge in [-0.3, -0.25) is 14.6 Å². The molecule has 5 rings (SSSR count). The van der Waals surface area contributed by atoms with Gasteiger partial charge < -0.3 is 4.90 Å². The monoisotopic (exact) mass is 379 g/mol.